The van der Waals surface area contributed by atoms with E-state index in [2.05, 4.69) is 5.10 Å². The fourth-order valence-electron chi connectivity index (χ4n) is 1.75. The minimum atomic E-state index is -0.872. The number of rotatable bonds is 2. The molecule has 0 aromatic heterocycles. The van der Waals surface area contributed by atoms with Crippen molar-refractivity contribution < 1.29 is 9.90 Å². The normalized spacial score (nSPS) is 19.8. The number of carboxylic acids is 1. The lowest BCUT2D eigenvalue weighted by Gasteiger charge is -2.08. The molecule has 0 amide bonds. The van der Waals surface area contributed by atoms with Crippen molar-refractivity contribution in [3.05, 3.63) is 34.9 Å². The second kappa shape index (κ2) is 4.14. The summed E-state index contributed by atoms with van der Waals surface area (Å²) in [4.78, 5) is 11.1. The first-order valence-electron chi connectivity index (χ1n) is 4.87. The SMILES string of the molecule is CN1CC(C(=O)O)C(c2ccccc2Cl)=N1. The van der Waals surface area contributed by atoms with E-state index in [4.69, 9.17) is 16.7 Å². The summed E-state index contributed by atoms with van der Waals surface area (Å²) in [6.07, 6.45) is 0. The summed E-state index contributed by atoms with van der Waals surface area (Å²) >= 11 is 6.03. The zero-order valence-electron chi connectivity index (χ0n) is 8.72. The van der Waals surface area contributed by atoms with Gasteiger partial charge in [0.05, 0.1) is 12.3 Å². The van der Waals surface area contributed by atoms with Gasteiger partial charge in [0.15, 0.2) is 0 Å². The summed E-state index contributed by atoms with van der Waals surface area (Å²) in [5.41, 5.74) is 1.22. The molecular weight excluding hydrogens is 228 g/mol. The average Bonchev–Trinajstić information content (AvgIpc) is 2.61. The zero-order chi connectivity index (χ0) is 11.7. The summed E-state index contributed by atoms with van der Waals surface area (Å²) in [6.45, 7) is 0.385. The Bertz CT molecular complexity index is 459. The van der Waals surface area contributed by atoms with Crippen LogP contribution in [0.15, 0.2) is 29.4 Å². The number of benzene rings is 1. The van der Waals surface area contributed by atoms with Gasteiger partial charge < -0.3 is 5.11 Å². The molecule has 1 atom stereocenters. The predicted molar refractivity (Wildman–Crippen MR) is 61.7 cm³/mol. The molecule has 0 fully saturated rings. The van der Waals surface area contributed by atoms with Crippen LogP contribution in [0.3, 0.4) is 0 Å². The van der Waals surface area contributed by atoms with E-state index in [-0.39, 0.29) is 0 Å². The van der Waals surface area contributed by atoms with Crippen molar-refractivity contribution in [3.63, 3.8) is 0 Å². The monoisotopic (exact) mass is 238 g/mol. The van der Waals surface area contributed by atoms with Gasteiger partial charge in [0.1, 0.15) is 5.92 Å². The summed E-state index contributed by atoms with van der Waals surface area (Å²) in [5.74, 6) is -1.48. The first-order valence-corrected chi connectivity index (χ1v) is 5.24. The smallest absolute Gasteiger partial charge is 0.314 e. The van der Waals surface area contributed by atoms with Crippen LogP contribution in [-0.4, -0.2) is 35.4 Å². The summed E-state index contributed by atoms with van der Waals surface area (Å²) in [6, 6.07) is 7.15. The van der Waals surface area contributed by atoms with Crippen LogP contribution in [0.25, 0.3) is 0 Å². The molecule has 5 heteroatoms. The standard InChI is InChI=1S/C11H11ClN2O2/c1-14-6-8(11(15)16)10(13-14)7-4-2-3-5-9(7)12/h2-5,8H,6H2,1H3,(H,15,16). The molecule has 0 spiro atoms. The number of halogens is 1. The maximum Gasteiger partial charge on any atom is 0.314 e. The predicted octanol–water partition coefficient (Wildman–Crippen LogP) is 1.69. The van der Waals surface area contributed by atoms with Crippen LogP contribution in [0.4, 0.5) is 0 Å². The first-order chi connectivity index (χ1) is 7.59. The van der Waals surface area contributed by atoms with Crippen molar-refractivity contribution in [3.8, 4) is 0 Å². The molecule has 0 saturated carbocycles. The van der Waals surface area contributed by atoms with Crippen molar-refractivity contribution in [2.45, 2.75) is 0 Å². The van der Waals surface area contributed by atoms with E-state index in [0.29, 0.717) is 22.8 Å². The van der Waals surface area contributed by atoms with Gasteiger partial charge in [-0.25, -0.2) is 0 Å². The molecule has 1 unspecified atom stereocenters. The molecule has 2 rings (SSSR count). The maximum absolute atomic E-state index is 11.1. The molecule has 1 aliphatic heterocycles. The minimum Gasteiger partial charge on any atom is -0.481 e. The molecule has 4 nitrogen and oxygen atoms in total. The second-order valence-corrected chi connectivity index (χ2v) is 4.10. The molecule has 0 saturated heterocycles. The van der Waals surface area contributed by atoms with E-state index in [1.165, 1.54) is 0 Å². The number of carbonyl (C=O) groups is 1. The lowest BCUT2D eigenvalue weighted by molar-refractivity contribution is -0.139. The molecule has 84 valence electrons. The number of aliphatic carboxylic acids is 1. The Morgan fingerprint density at radius 1 is 1.56 bits per heavy atom. The van der Waals surface area contributed by atoms with E-state index in [1.807, 2.05) is 6.07 Å². The van der Waals surface area contributed by atoms with Crippen LogP contribution >= 0.6 is 11.6 Å². The molecule has 1 aromatic rings. The van der Waals surface area contributed by atoms with Crippen LogP contribution < -0.4 is 0 Å². The summed E-state index contributed by atoms with van der Waals surface area (Å²) in [7, 11) is 1.75. The van der Waals surface area contributed by atoms with Gasteiger partial charge in [0, 0.05) is 17.6 Å². The summed E-state index contributed by atoms with van der Waals surface area (Å²) < 4.78 is 0. The zero-order valence-corrected chi connectivity index (χ0v) is 9.48. The van der Waals surface area contributed by atoms with E-state index in [1.54, 1.807) is 30.3 Å². The van der Waals surface area contributed by atoms with Crippen molar-refractivity contribution in [2.24, 2.45) is 11.0 Å². The Balaban J connectivity index is 2.43. The topological polar surface area (TPSA) is 52.9 Å². The maximum atomic E-state index is 11.1. The van der Waals surface area contributed by atoms with E-state index >= 15 is 0 Å². The Labute approximate surface area is 98.1 Å². The van der Waals surface area contributed by atoms with Gasteiger partial charge in [-0.1, -0.05) is 29.8 Å². The first kappa shape index (κ1) is 11.0. The van der Waals surface area contributed by atoms with Crippen LogP contribution in [0.1, 0.15) is 5.56 Å². The quantitative estimate of drug-likeness (QED) is 0.853. The van der Waals surface area contributed by atoms with Gasteiger partial charge in [-0.2, -0.15) is 5.10 Å². The van der Waals surface area contributed by atoms with Gasteiger partial charge in [-0.3, -0.25) is 9.80 Å². The fraction of sp³-hybridized carbons (Fsp3) is 0.273. The Kier molecular flexibility index (Phi) is 2.83. The minimum absolute atomic E-state index is 0.385. The van der Waals surface area contributed by atoms with E-state index < -0.39 is 11.9 Å². The fourth-order valence-corrected chi connectivity index (χ4v) is 1.98. The highest BCUT2D eigenvalue weighted by Gasteiger charge is 2.32. The van der Waals surface area contributed by atoms with Crippen molar-refractivity contribution in [1.29, 1.82) is 0 Å². The van der Waals surface area contributed by atoms with Crippen molar-refractivity contribution in [2.75, 3.05) is 13.6 Å². The number of nitrogens with zero attached hydrogens (tertiary/aromatic N) is 2. The largest absolute Gasteiger partial charge is 0.481 e. The third kappa shape index (κ3) is 1.88. The number of hydrogen-bond donors (Lipinski definition) is 1. The molecule has 0 bridgehead atoms. The summed E-state index contributed by atoms with van der Waals surface area (Å²) in [5, 5.41) is 15.5. The number of hydrazone groups is 1. The van der Waals surface area contributed by atoms with Gasteiger partial charge in [-0.05, 0) is 6.07 Å². The second-order valence-electron chi connectivity index (χ2n) is 3.70. The molecule has 1 N–H and O–H groups in total. The molecule has 1 aliphatic rings. The number of carboxylic acid groups (broad SMARTS) is 1. The Morgan fingerprint density at radius 2 is 2.25 bits per heavy atom. The Morgan fingerprint density at radius 3 is 2.88 bits per heavy atom. The van der Waals surface area contributed by atoms with Crippen LogP contribution in [0.5, 0.6) is 0 Å². The highest BCUT2D eigenvalue weighted by Crippen LogP contribution is 2.24. The molecule has 16 heavy (non-hydrogen) atoms. The third-order valence-electron chi connectivity index (χ3n) is 2.50. The number of hydrogen-bond acceptors (Lipinski definition) is 3. The highest BCUT2D eigenvalue weighted by atomic mass is 35.5. The lowest BCUT2D eigenvalue weighted by Crippen LogP contribution is -2.26. The van der Waals surface area contributed by atoms with Gasteiger partial charge in [0.25, 0.3) is 0 Å². The van der Waals surface area contributed by atoms with Crippen LogP contribution in [0.2, 0.25) is 5.02 Å². The van der Waals surface area contributed by atoms with Crippen molar-refractivity contribution >= 4 is 23.3 Å². The molecule has 1 heterocycles. The lowest BCUT2D eigenvalue weighted by atomic mass is 9.98. The van der Waals surface area contributed by atoms with Gasteiger partial charge in [-0.15, -0.1) is 0 Å². The van der Waals surface area contributed by atoms with Crippen molar-refractivity contribution in [1.82, 2.24) is 5.01 Å². The van der Waals surface area contributed by atoms with E-state index in [0.717, 1.165) is 0 Å². The average molecular weight is 239 g/mol. The molecule has 0 radical (unpaired) electrons. The van der Waals surface area contributed by atoms with Gasteiger partial charge in [0.2, 0.25) is 0 Å². The molecule has 0 aliphatic carbocycles. The van der Waals surface area contributed by atoms with Crippen LogP contribution in [0, 0.1) is 5.92 Å². The highest BCUT2D eigenvalue weighted by molar-refractivity contribution is 6.35. The Hall–Kier alpha value is -1.55. The van der Waals surface area contributed by atoms with E-state index in [9.17, 15) is 4.79 Å². The third-order valence-corrected chi connectivity index (χ3v) is 2.83. The van der Waals surface area contributed by atoms with Crippen LogP contribution in [-0.2, 0) is 4.79 Å². The molecular formula is C11H11ClN2O2. The molecule has 1 aromatic carbocycles. The van der Waals surface area contributed by atoms with Gasteiger partial charge >= 0.3 is 5.97 Å².